The minimum absolute atomic E-state index is 0.0318. The van der Waals surface area contributed by atoms with Gasteiger partial charge in [0.25, 0.3) is 5.91 Å². The molecule has 0 radical (unpaired) electrons. The normalized spacial score (nSPS) is 10.8. The molecule has 2 N–H and O–H groups in total. The molecule has 128 valence electrons. The second kappa shape index (κ2) is 6.33. The minimum atomic E-state index is -0.662. The Labute approximate surface area is 148 Å². The number of nitrogens with one attached hydrogen (secondary N) is 2. The Balaban J connectivity index is 1.58. The van der Waals surface area contributed by atoms with E-state index in [2.05, 4.69) is 15.5 Å². The molecular formula is C20H15N3O3. The summed E-state index contributed by atoms with van der Waals surface area (Å²) in [5.41, 5.74) is 3.07. The number of nitrogens with zero attached hydrogens (tertiary/aromatic N) is 1. The first kappa shape index (κ1) is 15.8. The zero-order valence-electron chi connectivity index (χ0n) is 13.9. The summed E-state index contributed by atoms with van der Waals surface area (Å²) in [6, 6.07) is 17.8. The fourth-order valence-corrected chi connectivity index (χ4v) is 2.71. The summed E-state index contributed by atoms with van der Waals surface area (Å²) in [5.74, 6) is -0.507. The lowest BCUT2D eigenvalue weighted by molar-refractivity contribution is 0.102. The Morgan fingerprint density at radius 3 is 2.58 bits per heavy atom. The highest BCUT2D eigenvalue weighted by Crippen LogP contribution is 2.20. The van der Waals surface area contributed by atoms with Crippen LogP contribution in [0.25, 0.3) is 22.2 Å². The lowest BCUT2D eigenvalue weighted by Crippen LogP contribution is -2.20. The number of aryl methyl sites for hydroxylation is 1. The number of rotatable bonds is 3. The summed E-state index contributed by atoms with van der Waals surface area (Å²) in [5, 5.41) is 10.5. The molecule has 4 rings (SSSR count). The van der Waals surface area contributed by atoms with Gasteiger partial charge in [-0.1, -0.05) is 30.3 Å². The highest BCUT2D eigenvalue weighted by molar-refractivity contribution is 6.05. The molecule has 0 unspecified atom stereocenters. The molecule has 0 spiro atoms. The lowest BCUT2D eigenvalue weighted by Gasteiger charge is -2.06. The van der Waals surface area contributed by atoms with Crippen LogP contribution in [0.5, 0.6) is 0 Å². The number of carbonyl (C=O) groups excluding carboxylic acids is 1. The maximum absolute atomic E-state index is 12.4. The van der Waals surface area contributed by atoms with E-state index in [9.17, 15) is 9.59 Å². The average molecular weight is 345 g/mol. The molecule has 2 aromatic carbocycles. The van der Waals surface area contributed by atoms with Crippen molar-refractivity contribution in [1.82, 2.24) is 10.2 Å². The molecule has 6 nitrogen and oxygen atoms in total. The zero-order valence-corrected chi connectivity index (χ0v) is 13.9. The maximum Gasteiger partial charge on any atom is 0.349 e. The summed E-state index contributed by atoms with van der Waals surface area (Å²) in [6.07, 6.45) is 0. The first-order valence-corrected chi connectivity index (χ1v) is 8.07. The Hall–Kier alpha value is -3.67. The van der Waals surface area contributed by atoms with Gasteiger partial charge in [0.2, 0.25) is 0 Å². The van der Waals surface area contributed by atoms with Crippen LogP contribution in [0.1, 0.15) is 16.1 Å². The van der Waals surface area contributed by atoms with Gasteiger partial charge in [0, 0.05) is 22.3 Å². The average Bonchev–Trinajstić information content (AvgIpc) is 3.08. The number of anilines is 1. The number of hydrogen-bond donors (Lipinski definition) is 2. The molecule has 6 heteroatoms. The van der Waals surface area contributed by atoms with Crippen molar-refractivity contribution < 1.29 is 9.21 Å². The maximum atomic E-state index is 12.4. The quantitative estimate of drug-likeness (QED) is 0.554. The minimum Gasteiger partial charge on any atom is -0.422 e. The number of aromatic amines is 1. The number of benzene rings is 2. The third-order valence-corrected chi connectivity index (χ3v) is 4.03. The predicted molar refractivity (Wildman–Crippen MR) is 99.2 cm³/mol. The van der Waals surface area contributed by atoms with Crippen LogP contribution in [0, 0.1) is 6.92 Å². The van der Waals surface area contributed by atoms with Gasteiger partial charge in [-0.05, 0) is 37.3 Å². The van der Waals surface area contributed by atoms with E-state index in [1.165, 1.54) is 6.07 Å². The number of amides is 1. The summed E-state index contributed by atoms with van der Waals surface area (Å²) >= 11 is 0. The number of hydrogen-bond acceptors (Lipinski definition) is 4. The molecule has 0 saturated heterocycles. The van der Waals surface area contributed by atoms with Gasteiger partial charge in [0.05, 0.1) is 5.69 Å². The molecule has 0 aliphatic heterocycles. The lowest BCUT2D eigenvalue weighted by atomic mass is 10.1. The van der Waals surface area contributed by atoms with Gasteiger partial charge in [0.15, 0.2) is 0 Å². The Bertz CT molecular complexity index is 1160. The third kappa shape index (κ3) is 3.00. The van der Waals surface area contributed by atoms with Crippen LogP contribution in [-0.2, 0) is 0 Å². The van der Waals surface area contributed by atoms with Crippen molar-refractivity contribution in [3.05, 3.63) is 82.3 Å². The van der Waals surface area contributed by atoms with Gasteiger partial charge in [-0.3, -0.25) is 9.89 Å². The predicted octanol–water partition coefficient (Wildman–Crippen LogP) is 3.74. The largest absolute Gasteiger partial charge is 0.422 e. The number of carbonyl (C=O) groups is 1. The zero-order chi connectivity index (χ0) is 18.1. The van der Waals surface area contributed by atoms with Gasteiger partial charge in [0.1, 0.15) is 11.1 Å². The van der Waals surface area contributed by atoms with Crippen molar-refractivity contribution in [3.8, 4) is 11.3 Å². The molecule has 0 aliphatic carbocycles. The molecule has 4 aromatic rings. The van der Waals surface area contributed by atoms with Crippen molar-refractivity contribution in [1.29, 1.82) is 0 Å². The SMILES string of the molecule is Cc1cc(-c2ccc(NC(=O)c3cc4ccccc4oc3=O)cc2)n[nH]1. The van der Waals surface area contributed by atoms with Crippen molar-refractivity contribution in [2.75, 3.05) is 5.32 Å². The first-order chi connectivity index (χ1) is 12.6. The number of fused-ring (bicyclic) bond motifs is 1. The van der Waals surface area contributed by atoms with Crippen molar-refractivity contribution in [2.45, 2.75) is 6.92 Å². The monoisotopic (exact) mass is 345 g/mol. The van der Waals surface area contributed by atoms with Crippen LogP contribution < -0.4 is 10.9 Å². The van der Waals surface area contributed by atoms with E-state index in [-0.39, 0.29) is 5.56 Å². The molecule has 0 fully saturated rings. The van der Waals surface area contributed by atoms with Crippen molar-refractivity contribution in [3.63, 3.8) is 0 Å². The van der Waals surface area contributed by atoms with Gasteiger partial charge >= 0.3 is 5.63 Å². The Morgan fingerprint density at radius 2 is 1.85 bits per heavy atom. The summed E-state index contributed by atoms with van der Waals surface area (Å²) in [7, 11) is 0. The third-order valence-electron chi connectivity index (χ3n) is 4.03. The molecule has 0 aliphatic rings. The second-order valence-electron chi connectivity index (χ2n) is 5.95. The van der Waals surface area contributed by atoms with E-state index in [1.54, 1.807) is 30.3 Å². The van der Waals surface area contributed by atoms with Crippen LogP contribution in [0.15, 0.2) is 69.9 Å². The van der Waals surface area contributed by atoms with E-state index in [4.69, 9.17) is 4.42 Å². The number of aromatic nitrogens is 2. The van der Waals surface area contributed by atoms with E-state index in [0.29, 0.717) is 16.7 Å². The van der Waals surface area contributed by atoms with E-state index in [1.807, 2.05) is 31.2 Å². The Kier molecular flexibility index (Phi) is 3.85. The molecule has 0 atom stereocenters. The van der Waals surface area contributed by atoms with Crippen LogP contribution in [-0.4, -0.2) is 16.1 Å². The van der Waals surface area contributed by atoms with E-state index < -0.39 is 11.5 Å². The topological polar surface area (TPSA) is 88.0 Å². The van der Waals surface area contributed by atoms with Crippen molar-refractivity contribution in [2.24, 2.45) is 0 Å². The fraction of sp³-hybridized carbons (Fsp3) is 0.0500. The van der Waals surface area contributed by atoms with Gasteiger partial charge < -0.3 is 9.73 Å². The molecule has 1 amide bonds. The molecule has 2 aromatic heterocycles. The second-order valence-corrected chi connectivity index (χ2v) is 5.95. The first-order valence-electron chi connectivity index (χ1n) is 8.07. The Morgan fingerprint density at radius 1 is 1.08 bits per heavy atom. The highest BCUT2D eigenvalue weighted by Gasteiger charge is 2.14. The van der Waals surface area contributed by atoms with Crippen LogP contribution in [0.3, 0.4) is 0 Å². The van der Waals surface area contributed by atoms with Crippen LogP contribution >= 0.6 is 0 Å². The van der Waals surface area contributed by atoms with Crippen molar-refractivity contribution >= 4 is 22.6 Å². The summed E-state index contributed by atoms with van der Waals surface area (Å²) in [6.45, 7) is 1.93. The molecule has 0 bridgehead atoms. The summed E-state index contributed by atoms with van der Waals surface area (Å²) in [4.78, 5) is 24.5. The number of H-pyrrole nitrogens is 1. The standard InChI is InChI=1S/C20H15N3O3/c1-12-10-17(23-22-12)13-6-8-15(9-7-13)21-19(24)16-11-14-4-2-3-5-18(14)26-20(16)25/h2-11H,1H3,(H,21,24)(H,22,23). The van der Waals surface area contributed by atoms with E-state index >= 15 is 0 Å². The van der Waals surface area contributed by atoms with Crippen LogP contribution in [0.4, 0.5) is 5.69 Å². The molecule has 2 heterocycles. The van der Waals surface area contributed by atoms with Gasteiger partial charge in [-0.25, -0.2) is 4.79 Å². The van der Waals surface area contributed by atoms with E-state index in [0.717, 1.165) is 17.0 Å². The highest BCUT2D eigenvalue weighted by atomic mass is 16.4. The molecule has 26 heavy (non-hydrogen) atoms. The molecular weight excluding hydrogens is 330 g/mol. The smallest absolute Gasteiger partial charge is 0.349 e. The van der Waals surface area contributed by atoms with Crippen LogP contribution in [0.2, 0.25) is 0 Å². The molecule has 0 saturated carbocycles. The summed E-state index contributed by atoms with van der Waals surface area (Å²) < 4.78 is 5.20. The van der Waals surface area contributed by atoms with Gasteiger partial charge in [-0.15, -0.1) is 0 Å². The van der Waals surface area contributed by atoms with Gasteiger partial charge in [-0.2, -0.15) is 5.10 Å². The fourth-order valence-electron chi connectivity index (χ4n) is 2.71. The number of para-hydroxylation sites is 1.